The fraction of sp³-hybridized carbons (Fsp3) is 1.00. The molecule has 0 aromatic heterocycles. The van der Waals surface area contributed by atoms with E-state index in [9.17, 15) is 0 Å². The van der Waals surface area contributed by atoms with Crippen molar-refractivity contribution in [1.82, 2.24) is 10.2 Å². The lowest BCUT2D eigenvalue weighted by Gasteiger charge is -2.31. The molecule has 2 atom stereocenters. The van der Waals surface area contributed by atoms with E-state index in [1.54, 1.807) is 0 Å². The Morgan fingerprint density at radius 1 is 1.11 bits per heavy atom. The number of hydrogen-bond donors (Lipinski definition) is 1. The molecular formula is C17H36N2. The maximum Gasteiger partial charge on any atom is 0.00510 e. The minimum atomic E-state index is 0.691. The molecule has 0 bridgehead atoms. The van der Waals surface area contributed by atoms with Gasteiger partial charge in [-0.1, -0.05) is 46.5 Å². The number of nitrogens with zero attached hydrogens (tertiary/aromatic N) is 1. The topological polar surface area (TPSA) is 15.3 Å². The van der Waals surface area contributed by atoms with Crippen LogP contribution in [0.15, 0.2) is 0 Å². The van der Waals surface area contributed by atoms with Gasteiger partial charge in [-0.15, -0.1) is 0 Å². The van der Waals surface area contributed by atoms with Crippen molar-refractivity contribution in [3.8, 4) is 0 Å². The molecule has 1 aliphatic heterocycles. The molecule has 1 aliphatic rings. The van der Waals surface area contributed by atoms with Gasteiger partial charge < -0.3 is 10.2 Å². The van der Waals surface area contributed by atoms with E-state index in [1.807, 2.05) is 0 Å². The van der Waals surface area contributed by atoms with Crippen LogP contribution in [0.5, 0.6) is 0 Å². The zero-order chi connectivity index (χ0) is 14.1. The third-order valence-electron chi connectivity index (χ3n) is 4.27. The van der Waals surface area contributed by atoms with Gasteiger partial charge in [0, 0.05) is 12.6 Å². The van der Waals surface area contributed by atoms with Gasteiger partial charge in [0.05, 0.1) is 0 Å². The summed E-state index contributed by atoms with van der Waals surface area (Å²) < 4.78 is 0. The van der Waals surface area contributed by atoms with Gasteiger partial charge in [0.2, 0.25) is 0 Å². The first-order valence-electron chi connectivity index (χ1n) is 8.53. The molecule has 0 aromatic carbocycles. The zero-order valence-corrected chi connectivity index (χ0v) is 13.8. The van der Waals surface area contributed by atoms with Crippen molar-refractivity contribution >= 4 is 0 Å². The third kappa shape index (κ3) is 8.65. The first-order valence-corrected chi connectivity index (χ1v) is 8.53. The minimum absolute atomic E-state index is 0.691. The highest BCUT2D eigenvalue weighted by Gasteiger charge is 2.15. The molecule has 0 radical (unpaired) electrons. The second-order valence-electron chi connectivity index (χ2n) is 7.10. The molecular weight excluding hydrogens is 232 g/mol. The van der Waals surface area contributed by atoms with E-state index in [4.69, 9.17) is 0 Å². The average Bonchev–Trinajstić information content (AvgIpc) is 2.35. The summed E-state index contributed by atoms with van der Waals surface area (Å²) in [5.74, 6) is 1.67. The van der Waals surface area contributed by atoms with Crippen LogP contribution in [0.2, 0.25) is 0 Å². The summed E-state index contributed by atoms with van der Waals surface area (Å²) in [5, 5.41) is 3.62. The summed E-state index contributed by atoms with van der Waals surface area (Å²) in [7, 11) is 0. The number of nitrogens with one attached hydrogen (secondary N) is 1. The van der Waals surface area contributed by atoms with Crippen LogP contribution in [-0.4, -0.2) is 37.1 Å². The molecule has 0 saturated carbocycles. The Hall–Kier alpha value is -0.0800. The lowest BCUT2D eigenvalue weighted by Crippen LogP contribution is -2.42. The van der Waals surface area contributed by atoms with Crippen molar-refractivity contribution in [2.24, 2.45) is 11.8 Å². The maximum atomic E-state index is 3.62. The summed E-state index contributed by atoms with van der Waals surface area (Å²) in [6, 6.07) is 0.691. The lowest BCUT2D eigenvalue weighted by atomic mass is 10.0. The highest BCUT2D eigenvalue weighted by molar-refractivity contribution is 4.73. The van der Waals surface area contributed by atoms with Crippen molar-refractivity contribution in [2.75, 3.05) is 26.2 Å². The van der Waals surface area contributed by atoms with Crippen LogP contribution in [0.3, 0.4) is 0 Å². The van der Waals surface area contributed by atoms with Crippen LogP contribution in [0.25, 0.3) is 0 Å². The predicted molar refractivity (Wildman–Crippen MR) is 85.6 cm³/mol. The standard InChI is InChI=1S/C17H36N2/c1-15(2)9-7-5-6-8-11-19-12-10-17(4)18-13-16(3)14-19/h15-18H,5-14H2,1-4H3. The van der Waals surface area contributed by atoms with Crippen molar-refractivity contribution in [3.63, 3.8) is 0 Å². The van der Waals surface area contributed by atoms with Gasteiger partial charge in [0.15, 0.2) is 0 Å². The molecule has 114 valence electrons. The Labute approximate surface area is 121 Å². The Balaban J connectivity index is 2.09. The predicted octanol–water partition coefficient (Wildman–Crippen LogP) is 3.91. The van der Waals surface area contributed by atoms with E-state index in [1.165, 1.54) is 64.7 Å². The third-order valence-corrected chi connectivity index (χ3v) is 4.27. The van der Waals surface area contributed by atoms with Crippen molar-refractivity contribution in [2.45, 2.75) is 72.3 Å². The highest BCUT2D eigenvalue weighted by Crippen LogP contribution is 2.12. The van der Waals surface area contributed by atoms with Crippen LogP contribution >= 0.6 is 0 Å². The minimum Gasteiger partial charge on any atom is -0.314 e. The van der Waals surface area contributed by atoms with Crippen molar-refractivity contribution in [1.29, 1.82) is 0 Å². The van der Waals surface area contributed by atoms with Crippen LogP contribution < -0.4 is 5.32 Å². The molecule has 2 heteroatoms. The molecule has 19 heavy (non-hydrogen) atoms. The Bertz CT molecular complexity index is 215. The van der Waals surface area contributed by atoms with Gasteiger partial charge in [-0.3, -0.25) is 0 Å². The Morgan fingerprint density at radius 3 is 2.58 bits per heavy atom. The van der Waals surface area contributed by atoms with E-state index >= 15 is 0 Å². The molecule has 0 aliphatic carbocycles. The average molecular weight is 268 g/mol. The quantitative estimate of drug-likeness (QED) is 0.704. The van der Waals surface area contributed by atoms with E-state index in [0.717, 1.165) is 11.8 Å². The molecule has 2 unspecified atom stereocenters. The summed E-state index contributed by atoms with van der Waals surface area (Å²) in [4.78, 5) is 2.70. The van der Waals surface area contributed by atoms with E-state index in [0.29, 0.717) is 6.04 Å². The molecule has 1 heterocycles. The van der Waals surface area contributed by atoms with Gasteiger partial charge in [0.1, 0.15) is 0 Å². The second-order valence-corrected chi connectivity index (χ2v) is 7.10. The number of hydrogen-bond acceptors (Lipinski definition) is 2. The summed E-state index contributed by atoms with van der Waals surface area (Å²) in [6.45, 7) is 14.4. The summed E-state index contributed by atoms with van der Waals surface area (Å²) in [5.41, 5.74) is 0. The number of rotatable bonds is 7. The SMILES string of the molecule is CC(C)CCCCCCN1CCC(C)NCC(C)C1. The maximum absolute atomic E-state index is 3.62. The molecule has 2 nitrogen and oxygen atoms in total. The van der Waals surface area contributed by atoms with E-state index in [-0.39, 0.29) is 0 Å². The lowest BCUT2D eigenvalue weighted by molar-refractivity contribution is 0.198. The molecule has 1 rings (SSSR count). The second kappa shape index (κ2) is 9.77. The first kappa shape index (κ1) is 17.0. The molecule has 0 spiro atoms. The van der Waals surface area contributed by atoms with Crippen LogP contribution in [0.1, 0.15) is 66.2 Å². The smallest absolute Gasteiger partial charge is 0.00510 e. The molecule has 1 N–H and O–H groups in total. The Kier molecular flexibility index (Phi) is 8.72. The summed E-state index contributed by atoms with van der Waals surface area (Å²) >= 11 is 0. The Morgan fingerprint density at radius 2 is 1.84 bits per heavy atom. The zero-order valence-electron chi connectivity index (χ0n) is 13.8. The number of unbranched alkanes of at least 4 members (excludes halogenated alkanes) is 3. The normalized spacial score (nSPS) is 26.4. The highest BCUT2D eigenvalue weighted by atomic mass is 15.1. The monoisotopic (exact) mass is 268 g/mol. The van der Waals surface area contributed by atoms with E-state index < -0.39 is 0 Å². The first-order chi connectivity index (χ1) is 9.08. The molecule has 0 aromatic rings. The van der Waals surface area contributed by atoms with Gasteiger partial charge in [-0.2, -0.15) is 0 Å². The molecule has 1 saturated heterocycles. The van der Waals surface area contributed by atoms with Crippen molar-refractivity contribution in [3.05, 3.63) is 0 Å². The van der Waals surface area contributed by atoms with E-state index in [2.05, 4.69) is 37.9 Å². The fourth-order valence-electron chi connectivity index (χ4n) is 2.92. The molecule has 0 amide bonds. The summed E-state index contributed by atoms with van der Waals surface area (Å²) in [6.07, 6.45) is 8.39. The van der Waals surface area contributed by atoms with Crippen LogP contribution in [0, 0.1) is 11.8 Å². The largest absolute Gasteiger partial charge is 0.314 e. The van der Waals surface area contributed by atoms with Crippen LogP contribution in [-0.2, 0) is 0 Å². The molecule has 1 fully saturated rings. The van der Waals surface area contributed by atoms with Gasteiger partial charge in [-0.05, 0) is 51.2 Å². The van der Waals surface area contributed by atoms with Gasteiger partial charge >= 0.3 is 0 Å². The fourth-order valence-corrected chi connectivity index (χ4v) is 2.92. The van der Waals surface area contributed by atoms with Crippen molar-refractivity contribution < 1.29 is 0 Å². The van der Waals surface area contributed by atoms with Gasteiger partial charge in [0.25, 0.3) is 0 Å². The van der Waals surface area contributed by atoms with Crippen LogP contribution in [0.4, 0.5) is 0 Å². The van der Waals surface area contributed by atoms with Gasteiger partial charge in [-0.25, -0.2) is 0 Å².